The van der Waals surface area contributed by atoms with Gasteiger partial charge in [0.1, 0.15) is 5.78 Å². The first kappa shape index (κ1) is 23.3. The molecule has 3 aromatic rings. The van der Waals surface area contributed by atoms with E-state index in [1.807, 2.05) is 0 Å². The molecule has 4 rings (SSSR count). The topological polar surface area (TPSA) is 116 Å². The van der Waals surface area contributed by atoms with E-state index in [1.54, 1.807) is 48.5 Å². The fourth-order valence-electron chi connectivity index (χ4n) is 3.96. The number of esters is 1. The zero-order chi connectivity index (χ0) is 23.6. The standard InChI is InChI=1S/C23H21BrN2O6S/c1-31-23(28)15-7-5-14(6-8-15)21-25-26-22(32-21)20(16-9-10-18(27)11-16)13-33(29,30)19-4-2-3-17(24)12-19/h2-8,12,16,20H,9-11,13H2,1H3. The van der Waals surface area contributed by atoms with Crippen molar-refractivity contribution in [3.05, 3.63) is 64.5 Å². The summed E-state index contributed by atoms with van der Waals surface area (Å²) in [4.78, 5) is 23.8. The maximum Gasteiger partial charge on any atom is 0.337 e. The molecule has 8 nitrogen and oxygen atoms in total. The van der Waals surface area contributed by atoms with Crippen LogP contribution >= 0.6 is 15.9 Å². The molecule has 1 aromatic heterocycles. The molecule has 1 saturated carbocycles. The Morgan fingerprint density at radius 2 is 1.97 bits per heavy atom. The van der Waals surface area contributed by atoms with Gasteiger partial charge < -0.3 is 9.15 Å². The molecule has 33 heavy (non-hydrogen) atoms. The summed E-state index contributed by atoms with van der Waals surface area (Å²) >= 11 is 3.31. The van der Waals surface area contributed by atoms with Crippen LogP contribution in [0.1, 0.15) is 41.4 Å². The first-order valence-electron chi connectivity index (χ1n) is 10.3. The van der Waals surface area contributed by atoms with Gasteiger partial charge in [-0.05, 0) is 54.8 Å². The molecule has 2 aromatic carbocycles. The number of carbonyl (C=O) groups is 2. The van der Waals surface area contributed by atoms with Crippen LogP contribution in [-0.2, 0) is 19.4 Å². The number of Topliss-reactive ketones (excluding diaryl/α,β-unsaturated/α-hetero) is 1. The first-order chi connectivity index (χ1) is 15.8. The van der Waals surface area contributed by atoms with E-state index in [-0.39, 0.29) is 40.6 Å². The normalized spacial score (nSPS) is 17.2. The third-order valence-corrected chi connectivity index (χ3v) is 7.98. The number of aromatic nitrogens is 2. The van der Waals surface area contributed by atoms with Crippen molar-refractivity contribution in [1.82, 2.24) is 10.2 Å². The molecule has 0 saturated heterocycles. The van der Waals surface area contributed by atoms with E-state index in [2.05, 4.69) is 26.1 Å². The Balaban J connectivity index is 1.64. The Morgan fingerprint density at radius 1 is 1.21 bits per heavy atom. The van der Waals surface area contributed by atoms with Gasteiger partial charge in [0.15, 0.2) is 9.84 Å². The number of hydrogen-bond acceptors (Lipinski definition) is 8. The summed E-state index contributed by atoms with van der Waals surface area (Å²) < 4.78 is 37.6. The van der Waals surface area contributed by atoms with Gasteiger partial charge in [-0.25, -0.2) is 13.2 Å². The summed E-state index contributed by atoms with van der Waals surface area (Å²) in [5, 5.41) is 8.23. The number of hydrogen-bond donors (Lipinski definition) is 0. The Labute approximate surface area is 199 Å². The van der Waals surface area contributed by atoms with Crippen LogP contribution in [0.4, 0.5) is 0 Å². The molecule has 10 heteroatoms. The smallest absolute Gasteiger partial charge is 0.337 e. The van der Waals surface area contributed by atoms with E-state index in [9.17, 15) is 18.0 Å². The van der Waals surface area contributed by atoms with Crippen molar-refractivity contribution in [2.24, 2.45) is 5.92 Å². The lowest BCUT2D eigenvalue weighted by Gasteiger charge is -2.19. The van der Waals surface area contributed by atoms with Crippen LogP contribution in [0.3, 0.4) is 0 Å². The lowest BCUT2D eigenvalue weighted by molar-refractivity contribution is -0.117. The summed E-state index contributed by atoms with van der Waals surface area (Å²) in [6, 6.07) is 13.0. The number of sulfone groups is 1. The molecular formula is C23H21BrN2O6S. The fourth-order valence-corrected chi connectivity index (χ4v) is 6.18. The Hall–Kier alpha value is -2.85. The van der Waals surface area contributed by atoms with Crippen LogP contribution in [0.5, 0.6) is 0 Å². The molecule has 0 spiro atoms. The van der Waals surface area contributed by atoms with Crippen molar-refractivity contribution in [2.75, 3.05) is 12.9 Å². The number of halogens is 1. The number of ether oxygens (including phenoxy) is 1. The van der Waals surface area contributed by atoms with Gasteiger partial charge in [0.25, 0.3) is 0 Å². The average Bonchev–Trinajstić information content (AvgIpc) is 3.47. The number of carbonyl (C=O) groups excluding carboxylic acids is 2. The van der Waals surface area contributed by atoms with Gasteiger partial charge in [-0.3, -0.25) is 4.79 Å². The maximum atomic E-state index is 13.2. The van der Waals surface area contributed by atoms with E-state index < -0.39 is 21.7 Å². The highest BCUT2D eigenvalue weighted by atomic mass is 79.9. The SMILES string of the molecule is COC(=O)c1ccc(-c2nnc(C(CS(=O)(=O)c3cccc(Br)c3)C3CCC(=O)C3)o2)cc1. The van der Waals surface area contributed by atoms with Gasteiger partial charge in [0, 0.05) is 22.9 Å². The zero-order valence-corrected chi connectivity index (χ0v) is 20.1. The molecule has 1 aliphatic carbocycles. The maximum absolute atomic E-state index is 13.2. The number of methoxy groups -OCH3 is 1. The van der Waals surface area contributed by atoms with Crippen LogP contribution < -0.4 is 0 Å². The Bertz CT molecular complexity index is 1290. The predicted molar refractivity (Wildman–Crippen MR) is 122 cm³/mol. The summed E-state index contributed by atoms with van der Waals surface area (Å²) in [7, 11) is -2.38. The summed E-state index contributed by atoms with van der Waals surface area (Å²) in [5.74, 6) is -1.04. The first-order valence-corrected chi connectivity index (χ1v) is 12.7. The molecule has 0 N–H and O–H groups in total. The molecule has 172 valence electrons. The van der Waals surface area contributed by atoms with Gasteiger partial charge in [-0.1, -0.05) is 22.0 Å². The van der Waals surface area contributed by atoms with E-state index in [0.717, 1.165) is 0 Å². The molecule has 0 bridgehead atoms. The minimum Gasteiger partial charge on any atom is -0.465 e. The second-order valence-corrected chi connectivity index (χ2v) is 10.9. The molecule has 1 aliphatic rings. The van der Waals surface area contributed by atoms with E-state index in [0.29, 0.717) is 28.4 Å². The lowest BCUT2D eigenvalue weighted by atomic mass is 9.92. The van der Waals surface area contributed by atoms with Crippen LogP contribution in [0.2, 0.25) is 0 Å². The summed E-state index contributed by atoms with van der Waals surface area (Å²) in [6.07, 6.45) is 1.27. The van der Waals surface area contributed by atoms with Crippen molar-refractivity contribution >= 4 is 37.5 Å². The van der Waals surface area contributed by atoms with Gasteiger partial charge in [0.05, 0.1) is 29.2 Å². The minimum atomic E-state index is -3.68. The van der Waals surface area contributed by atoms with Crippen molar-refractivity contribution in [3.8, 4) is 11.5 Å². The highest BCUT2D eigenvalue weighted by molar-refractivity contribution is 9.10. The van der Waals surface area contributed by atoms with Gasteiger partial charge in [-0.2, -0.15) is 0 Å². The van der Waals surface area contributed by atoms with E-state index >= 15 is 0 Å². The highest BCUT2D eigenvalue weighted by Crippen LogP contribution is 2.38. The molecule has 1 fully saturated rings. The van der Waals surface area contributed by atoms with Crippen molar-refractivity contribution in [1.29, 1.82) is 0 Å². The van der Waals surface area contributed by atoms with E-state index in [1.165, 1.54) is 7.11 Å². The number of benzene rings is 2. The molecule has 1 heterocycles. The van der Waals surface area contributed by atoms with Gasteiger partial charge in [-0.15, -0.1) is 10.2 Å². The van der Waals surface area contributed by atoms with Crippen LogP contribution in [0.25, 0.3) is 11.5 Å². The summed E-state index contributed by atoms with van der Waals surface area (Å²) in [5.41, 5.74) is 0.959. The van der Waals surface area contributed by atoms with Crippen LogP contribution in [0.15, 0.2) is 62.3 Å². The average molecular weight is 533 g/mol. The number of ketones is 1. The van der Waals surface area contributed by atoms with Crippen LogP contribution in [-0.4, -0.2) is 43.2 Å². The molecule has 0 radical (unpaired) electrons. The van der Waals surface area contributed by atoms with Gasteiger partial charge >= 0.3 is 5.97 Å². The largest absolute Gasteiger partial charge is 0.465 e. The number of rotatable bonds is 7. The van der Waals surface area contributed by atoms with Crippen molar-refractivity contribution in [2.45, 2.75) is 30.1 Å². The second-order valence-electron chi connectivity index (χ2n) is 7.90. The molecule has 2 atom stereocenters. The third-order valence-electron chi connectivity index (χ3n) is 5.72. The third kappa shape index (κ3) is 5.22. The predicted octanol–water partition coefficient (Wildman–Crippen LogP) is 4.21. The van der Waals surface area contributed by atoms with Crippen molar-refractivity contribution in [3.63, 3.8) is 0 Å². The Kier molecular flexibility index (Phi) is 6.76. The quantitative estimate of drug-likeness (QED) is 0.415. The highest BCUT2D eigenvalue weighted by Gasteiger charge is 2.37. The lowest BCUT2D eigenvalue weighted by Crippen LogP contribution is -2.21. The fraction of sp³-hybridized carbons (Fsp3) is 0.304. The zero-order valence-electron chi connectivity index (χ0n) is 17.7. The molecule has 0 amide bonds. The van der Waals surface area contributed by atoms with Crippen molar-refractivity contribution < 1.29 is 27.2 Å². The van der Waals surface area contributed by atoms with E-state index in [4.69, 9.17) is 9.15 Å². The number of nitrogens with zero attached hydrogens (tertiary/aromatic N) is 2. The monoisotopic (exact) mass is 532 g/mol. The van der Waals surface area contributed by atoms with Crippen LogP contribution in [0, 0.1) is 5.92 Å². The molecule has 2 unspecified atom stereocenters. The minimum absolute atomic E-state index is 0.1000. The Morgan fingerprint density at radius 3 is 2.61 bits per heavy atom. The molecule has 0 aliphatic heterocycles. The molecular weight excluding hydrogens is 512 g/mol. The second kappa shape index (κ2) is 9.56. The summed E-state index contributed by atoms with van der Waals surface area (Å²) in [6.45, 7) is 0. The van der Waals surface area contributed by atoms with Gasteiger partial charge in [0.2, 0.25) is 11.8 Å².